The van der Waals surface area contributed by atoms with Gasteiger partial charge >= 0.3 is 0 Å². The van der Waals surface area contributed by atoms with Gasteiger partial charge in [0.25, 0.3) is 5.91 Å². The summed E-state index contributed by atoms with van der Waals surface area (Å²) in [5.41, 5.74) is 6.92. The highest BCUT2D eigenvalue weighted by Gasteiger charge is 2.19. The van der Waals surface area contributed by atoms with Gasteiger partial charge in [0.05, 0.1) is 25.5 Å². The number of amides is 1. The summed E-state index contributed by atoms with van der Waals surface area (Å²) < 4.78 is 16.8. The summed E-state index contributed by atoms with van der Waals surface area (Å²) in [4.78, 5) is 24.0. The molecule has 1 aliphatic heterocycles. The Balaban J connectivity index is 0.987. The van der Waals surface area contributed by atoms with Crippen LogP contribution in [0.5, 0.6) is 23.1 Å². The molecule has 1 aliphatic rings. The van der Waals surface area contributed by atoms with Gasteiger partial charge < -0.3 is 19.5 Å². The summed E-state index contributed by atoms with van der Waals surface area (Å²) in [6, 6.07) is 29.0. The van der Waals surface area contributed by atoms with Gasteiger partial charge in [-0.3, -0.25) is 14.7 Å². The van der Waals surface area contributed by atoms with Gasteiger partial charge in [0.2, 0.25) is 5.88 Å². The number of carbonyl (C=O) groups excluding carboxylic acids is 1. The first-order chi connectivity index (χ1) is 21.6. The molecule has 0 bridgehead atoms. The van der Waals surface area contributed by atoms with Crippen molar-refractivity contribution in [2.75, 3.05) is 32.6 Å². The third-order valence-corrected chi connectivity index (χ3v) is 7.76. The van der Waals surface area contributed by atoms with Crippen molar-refractivity contribution in [3.63, 3.8) is 0 Å². The minimum absolute atomic E-state index is 0.226. The monoisotopic (exact) mass is 586 g/mol. The molecule has 0 radical (unpaired) electrons. The maximum absolute atomic E-state index is 12.8. The quantitative estimate of drug-likeness (QED) is 0.193. The van der Waals surface area contributed by atoms with Gasteiger partial charge in [0, 0.05) is 49.3 Å². The molecule has 0 saturated heterocycles. The number of hydrogen-bond donors (Lipinski definition) is 1. The third-order valence-electron chi connectivity index (χ3n) is 7.76. The fourth-order valence-corrected chi connectivity index (χ4v) is 5.30. The zero-order valence-electron chi connectivity index (χ0n) is 24.8. The van der Waals surface area contributed by atoms with Gasteiger partial charge in [-0.15, -0.1) is 0 Å². The Morgan fingerprint density at radius 2 is 1.64 bits per heavy atom. The van der Waals surface area contributed by atoms with Crippen LogP contribution in [0.15, 0.2) is 103 Å². The molecule has 0 saturated carbocycles. The Kier molecular flexibility index (Phi) is 8.80. The molecule has 0 atom stereocenters. The van der Waals surface area contributed by atoms with E-state index in [9.17, 15) is 4.79 Å². The van der Waals surface area contributed by atoms with Gasteiger partial charge in [-0.1, -0.05) is 18.2 Å². The number of pyridine rings is 2. The molecule has 0 fully saturated rings. The zero-order chi connectivity index (χ0) is 30.3. The molecule has 3 aromatic carbocycles. The van der Waals surface area contributed by atoms with Gasteiger partial charge in [-0.25, -0.2) is 4.98 Å². The van der Waals surface area contributed by atoms with Crippen LogP contribution >= 0.6 is 0 Å². The van der Waals surface area contributed by atoms with Crippen LogP contribution < -0.4 is 19.5 Å². The molecule has 1 N–H and O–H groups in total. The topological polar surface area (TPSA) is 85.8 Å². The molecular formula is C36H34N4O4. The molecule has 0 unspecified atom stereocenters. The predicted octanol–water partition coefficient (Wildman–Crippen LogP) is 6.81. The lowest BCUT2D eigenvalue weighted by atomic mass is 9.98. The van der Waals surface area contributed by atoms with E-state index in [-0.39, 0.29) is 5.91 Å². The molecule has 2 aromatic heterocycles. The zero-order valence-corrected chi connectivity index (χ0v) is 24.8. The van der Waals surface area contributed by atoms with Crippen molar-refractivity contribution in [2.24, 2.45) is 0 Å². The van der Waals surface area contributed by atoms with Crippen molar-refractivity contribution in [3.8, 4) is 34.4 Å². The first-order valence-electron chi connectivity index (χ1n) is 14.6. The molecule has 3 heterocycles. The Bertz CT molecular complexity index is 1710. The summed E-state index contributed by atoms with van der Waals surface area (Å²) in [5.74, 6) is 2.39. The number of hydrogen-bond acceptors (Lipinski definition) is 7. The van der Waals surface area contributed by atoms with E-state index < -0.39 is 0 Å². The van der Waals surface area contributed by atoms with E-state index in [2.05, 4.69) is 44.5 Å². The number of anilines is 1. The van der Waals surface area contributed by atoms with Crippen LogP contribution in [-0.2, 0) is 19.4 Å². The normalized spacial score (nSPS) is 12.7. The highest BCUT2D eigenvalue weighted by Crippen LogP contribution is 2.33. The molecule has 44 heavy (non-hydrogen) atoms. The van der Waals surface area contributed by atoms with E-state index in [1.807, 2.05) is 54.6 Å². The van der Waals surface area contributed by atoms with Crippen LogP contribution in [0.3, 0.4) is 0 Å². The maximum atomic E-state index is 12.8. The van der Waals surface area contributed by atoms with Gasteiger partial charge in [-0.05, 0) is 96.3 Å². The Labute approximate surface area is 257 Å². The first-order valence-corrected chi connectivity index (χ1v) is 14.6. The highest BCUT2D eigenvalue weighted by molar-refractivity contribution is 6.04. The molecule has 8 nitrogen and oxygen atoms in total. The summed E-state index contributed by atoms with van der Waals surface area (Å²) in [7, 11) is 3.35. The lowest BCUT2D eigenvalue weighted by molar-refractivity contribution is 0.102. The Morgan fingerprint density at radius 1 is 0.864 bits per heavy atom. The minimum Gasteiger partial charge on any atom is -0.493 e. The third kappa shape index (κ3) is 6.88. The minimum atomic E-state index is -0.226. The SMILES string of the molecule is COc1cc2c(cc1OC)CN(CCc1ccc(NC(=O)c3ccc(Oc4ccc(-c5ccccn5)cc4)nc3)cc1)CC2. The van der Waals surface area contributed by atoms with Crippen LogP contribution in [0.1, 0.15) is 27.0 Å². The number of nitrogens with zero attached hydrogens (tertiary/aromatic N) is 3. The molecule has 0 aliphatic carbocycles. The van der Waals surface area contributed by atoms with Crippen molar-refractivity contribution in [1.82, 2.24) is 14.9 Å². The molecule has 8 heteroatoms. The fraction of sp³-hybridized carbons (Fsp3) is 0.194. The smallest absolute Gasteiger partial charge is 0.257 e. The molecular weight excluding hydrogens is 552 g/mol. The van der Waals surface area contributed by atoms with Crippen molar-refractivity contribution in [1.29, 1.82) is 0 Å². The van der Waals surface area contributed by atoms with Crippen LogP contribution in [0.2, 0.25) is 0 Å². The number of methoxy groups -OCH3 is 2. The predicted molar refractivity (Wildman–Crippen MR) is 171 cm³/mol. The summed E-state index contributed by atoms with van der Waals surface area (Å²) in [6.45, 7) is 2.85. The van der Waals surface area contributed by atoms with E-state index in [4.69, 9.17) is 14.2 Å². The van der Waals surface area contributed by atoms with Crippen molar-refractivity contribution in [2.45, 2.75) is 19.4 Å². The summed E-state index contributed by atoms with van der Waals surface area (Å²) >= 11 is 0. The van der Waals surface area contributed by atoms with Crippen molar-refractivity contribution in [3.05, 3.63) is 126 Å². The van der Waals surface area contributed by atoms with E-state index in [0.717, 1.165) is 60.9 Å². The van der Waals surface area contributed by atoms with Crippen LogP contribution in [-0.4, -0.2) is 48.1 Å². The van der Waals surface area contributed by atoms with E-state index in [0.29, 0.717) is 17.2 Å². The van der Waals surface area contributed by atoms with Gasteiger partial charge in [0.1, 0.15) is 5.75 Å². The molecule has 6 rings (SSSR count). The Morgan fingerprint density at radius 3 is 2.32 bits per heavy atom. The number of rotatable bonds is 10. The molecule has 5 aromatic rings. The lowest BCUT2D eigenvalue weighted by Gasteiger charge is -2.29. The number of carbonyl (C=O) groups is 1. The second-order valence-corrected chi connectivity index (χ2v) is 10.6. The molecule has 222 valence electrons. The van der Waals surface area contributed by atoms with Gasteiger partial charge in [0.15, 0.2) is 11.5 Å². The number of nitrogens with one attached hydrogen (secondary N) is 1. The van der Waals surface area contributed by atoms with E-state index >= 15 is 0 Å². The van der Waals surface area contributed by atoms with Crippen molar-refractivity contribution < 1.29 is 19.0 Å². The Hall–Kier alpha value is -5.21. The maximum Gasteiger partial charge on any atom is 0.257 e. The average Bonchev–Trinajstić information content (AvgIpc) is 3.08. The second-order valence-electron chi connectivity index (χ2n) is 10.6. The summed E-state index contributed by atoms with van der Waals surface area (Å²) in [5, 5.41) is 2.95. The number of aromatic nitrogens is 2. The number of benzene rings is 3. The highest BCUT2D eigenvalue weighted by atomic mass is 16.5. The standard InChI is InChI=1S/C36H34N4O4/c1-42-33-21-27-17-20-40(24-29(27)22-34(33)43-2)19-16-25-6-11-30(12-7-25)39-36(41)28-10-15-35(38-23-28)44-31-13-8-26(9-14-31)32-5-3-4-18-37-32/h3-15,18,21-23H,16-17,19-20,24H2,1-2H3,(H,39,41). The van der Waals surface area contributed by atoms with Crippen LogP contribution in [0, 0.1) is 0 Å². The van der Waals surface area contributed by atoms with Crippen molar-refractivity contribution >= 4 is 11.6 Å². The van der Waals surface area contributed by atoms with Gasteiger partial charge in [-0.2, -0.15) is 0 Å². The molecule has 1 amide bonds. The first kappa shape index (κ1) is 28.9. The van der Waals surface area contributed by atoms with E-state index in [1.54, 1.807) is 32.5 Å². The number of fused-ring (bicyclic) bond motifs is 1. The lowest BCUT2D eigenvalue weighted by Crippen LogP contribution is -2.32. The summed E-state index contributed by atoms with van der Waals surface area (Å²) in [6.07, 6.45) is 5.20. The largest absolute Gasteiger partial charge is 0.493 e. The number of ether oxygens (including phenoxy) is 3. The molecule has 0 spiro atoms. The van der Waals surface area contributed by atoms with E-state index in [1.165, 1.54) is 22.9 Å². The second kappa shape index (κ2) is 13.4. The fourth-order valence-electron chi connectivity index (χ4n) is 5.30. The van der Waals surface area contributed by atoms with Crippen LogP contribution in [0.25, 0.3) is 11.3 Å². The van der Waals surface area contributed by atoms with Crippen LogP contribution in [0.4, 0.5) is 5.69 Å². The average molecular weight is 587 g/mol.